The molecule has 0 spiro atoms. The van der Waals surface area contributed by atoms with Crippen LogP contribution in [0.25, 0.3) is 0 Å². The van der Waals surface area contributed by atoms with Crippen LogP contribution in [0.3, 0.4) is 0 Å². The average Bonchev–Trinajstić information content (AvgIpc) is 3.26. The van der Waals surface area contributed by atoms with E-state index < -0.39 is 4.92 Å². The van der Waals surface area contributed by atoms with Gasteiger partial charge in [-0.1, -0.05) is 11.8 Å². The second kappa shape index (κ2) is 8.74. The first-order valence-corrected chi connectivity index (χ1v) is 10.1. The zero-order valence-electron chi connectivity index (χ0n) is 16.2. The van der Waals surface area contributed by atoms with Gasteiger partial charge in [0.05, 0.1) is 28.5 Å². The molecule has 1 aliphatic heterocycles. The maximum Gasteiger partial charge on any atom is 0.269 e. The fraction of sp³-hybridized carbons (Fsp3) is 0.474. The van der Waals surface area contributed by atoms with Crippen molar-refractivity contribution in [1.82, 2.24) is 9.55 Å². The number of anilines is 1. The van der Waals surface area contributed by atoms with Crippen LogP contribution in [0.15, 0.2) is 29.4 Å². The number of benzene rings is 1. The highest BCUT2D eigenvalue weighted by Gasteiger charge is 2.23. The van der Waals surface area contributed by atoms with E-state index in [9.17, 15) is 14.9 Å². The number of aryl methyl sites for hydroxylation is 1. The summed E-state index contributed by atoms with van der Waals surface area (Å²) in [6, 6.07) is 5.79. The predicted octanol–water partition coefficient (Wildman–Crippen LogP) is 3.71. The molecule has 1 aliphatic rings. The summed E-state index contributed by atoms with van der Waals surface area (Å²) < 4.78 is 7.88. The SMILES string of the molecule is Cc1nc(SC(C)C(=O)Nc2ccc([N+](=O)[O-])cc2)n(CC2CCCO2)c1C. The smallest absolute Gasteiger partial charge is 0.269 e. The van der Waals surface area contributed by atoms with E-state index in [1.54, 1.807) is 0 Å². The number of carbonyl (C=O) groups excluding carboxylic acids is 1. The van der Waals surface area contributed by atoms with E-state index in [1.165, 1.54) is 36.0 Å². The Bertz CT molecular complexity index is 860. The first kappa shape index (κ1) is 20.3. The second-order valence-electron chi connectivity index (χ2n) is 6.86. The van der Waals surface area contributed by atoms with Gasteiger partial charge in [0, 0.05) is 30.1 Å². The summed E-state index contributed by atoms with van der Waals surface area (Å²) in [7, 11) is 0. The summed E-state index contributed by atoms with van der Waals surface area (Å²) in [5.74, 6) is -0.180. The predicted molar refractivity (Wildman–Crippen MR) is 108 cm³/mol. The van der Waals surface area contributed by atoms with E-state index in [0.717, 1.165) is 42.5 Å². The van der Waals surface area contributed by atoms with Crippen molar-refractivity contribution in [3.8, 4) is 0 Å². The third kappa shape index (κ3) is 4.71. The summed E-state index contributed by atoms with van der Waals surface area (Å²) in [4.78, 5) is 27.4. The molecule has 1 N–H and O–H groups in total. The highest BCUT2D eigenvalue weighted by Crippen LogP contribution is 2.28. The number of nitro groups is 1. The lowest BCUT2D eigenvalue weighted by molar-refractivity contribution is -0.384. The van der Waals surface area contributed by atoms with E-state index >= 15 is 0 Å². The lowest BCUT2D eigenvalue weighted by atomic mass is 10.2. The van der Waals surface area contributed by atoms with Crippen LogP contribution < -0.4 is 5.32 Å². The number of ether oxygens (including phenoxy) is 1. The second-order valence-corrected chi connectivity index (χ2v) is 8.17. The quantitative estimate of drug-likeness (QED) is 0.429. The zero-order chi connectivity index (χ0) is 20.3. The number of thioether (sulfide) groups is 1. The molecule has 0 radical (unpaired) electrons. The molecule has 1 aromatic carbocycles. The maximum absolute atomic E-state index is 12.6. The molecule has 3 rings (SSSR count). The molecule has 9 heteroatoms. The largest absolute Gasteiger partial charge is 0.376 e. The van der Waals surface area contributed by atoms with Crippen LogP contribution in [-0.4, -0.2) is 38.3 Å². The van der Waals surface area contributed by atoms with Crippen molar-refractivity contribution in [3.63, 3.8) is 0 Å². The summed E-state index contributed by atoms with van der Waals surface area (Å²) in [5.41, 5.74) is 2.55. The Morgan fingerprint density at radius 3 is 2.75 bits per heavy atom. The Balaban J connectivity index is 1.66. The lowest BCUT2D eigenvalue weighted by Crippen LogP contribution is -2.23. The molecule has 0 saturated carbocycles. The number of amides is 1. The number of carbonyl (C=O) groups is 1. The fourth-order valence-electron chi connectivity index (χ4n) is 3.04. The molecule has 2 aromatic rings. The minimum atomic E-state index is -0.470. The van der Waals surface area contributed by atoms with Gasteiger partial charge in [-0.05, 0) is 45.7 Å². The maximum atomic E-state index is 12.6. The van der Waals surface area contributed by atoms with Gasteiger partial charge in [0.1, 0.15) is 0 Å². The van der Waals surface area contributed by atoms with Gasteiger partial charge in [0.15, 0.2) is 5.16 Å². The summed E-state index contributed by atoms with van der Waals surface area (Å²) >= 11 is 1.40. The van der Waals surface area contributed by atoms with Gasteiger partial charge in [-0.3, -0.25) is 14.9 Å². The standard InChI is InChI=1S/C19H24N4O4S/c1-12-13(2)22(11-17-5-4-10-27-17)19(20-12)28-14(3)18(24)21-15-6-8-16(9-7-15)23(25)26/h6-9,14,17H,4-5,10-11H2,1-3H3,(H,21,24). The molecule has 1 fully saturated rings. The van der Waals surface area contributed by atoms with Crippen molar-refractivity contribution in [2.75, 3.05) is 11.9 Å². The van der Waals surface area contributed by atoms with Crippen LogP contribution in [0.1, 0.15) is 31.2 Å². The summed E-state index contributed by atoms with van der Waals surface area (Å²) in [6.45, 7) is 7.36. The molecule has 2 heterocycles. The summed E-state index contributed by atoms with van der Waals surface area (Å²) in [6.07, 6.45) is 2.31. The Morgan fingerprint density at radius 1 is 1.43 bits per heavy atom. The number of rotatable bonds is 7. The molecule has 150 valence electrons. The van der Waals surface area contributed by atoms with Crippen molar-refractivity contribution < 1.29 is 14.5 Å². The van der Waals surface area contributed by atoms with Crippen LogP contribution in [-0.2, 0) is 16.1 Å². The molecule has 0 bridgehead atoms. The number of hydrogen-bond acceptors (Lipinski definition) is 6. The minimum absolute atomic E-state index is 0.0115. The average molecular weight is 404 g/mol. The van der Waals surface area contributed by atoms with E-state index in [-0.39, 0.29) is 22.9 Å². The lowest BCUT2D eigenvalue weighted by Gasteiger charge is -2.16. The van der Waals surface area contributed by atoms with E-state index in [4.69, 9.17) is 4.74 Å². The third-order valence-electron chi connectivity index (χ3n) is 4.83. The number of imidazole rings is 1. The zero-order valence-corrected chi connectivity index (χ0v) is 17.0. The van der Waals surface area contributed by atoms with Crippen molar-refractivity contribution in [2.45, 2.75) is 56.7 Å². The Hall–Kier alpha value is -2.39. The van der Waals surface area contributed by atoms with Gasteiger partial charge in [0.25, 0.3) is 5.69 Å². The first-order chi connectivity index (χ1) is 13.3. The first-order valence-electron chi connectivity index (χ1n) is 9.22. The number of nitro benzene ring substituents is 1. The number of nitrogens with zero attached hydrogens (tertiary/aromatic N) is 3. The molecule has 8 nitrogen and oxygen atoms in total. The fourth-order valence-corrected chi connectivity index (χ4v) is 4.05. The van der Waals surface area contributed by atoms with Crippen molar-refractivity contribution in [1.29, 1.82) is 0 Å². The van der Waals surface area contributed by atoms with Gasteiger partial charge in [-0.2, -0.15) is 0 Å². The Kier molecular flexibility index (Phi) is 6.35. The van der Waals surface area contributed by atoms with Gasteiger partial charge in [-0.15, -0.1) is 0 Å². The van der Waals surface area contributed by atoms with E-state index in [0.29, 0.717) is 5.69 Å². The van der Waals surface area contributed by atoms with Crippen molar-refractivity contribution >= 4 is 29.0 Å². The highest BCUT2D eigenvalue weighted by molar-refractivity contribution is 8.00. The van der Waals surface area contributed by atoms with Crippen LogP contribution in [0.2, 0.25) is 0 Å². The molecule has 2 atom stereocenters. The van der Waals surface area contributed by atoms with Gasteiger partial charge in [-0.25, -0.2) is 4.98 Å². The Labute approximate surface area is 167 Å². The van der Waals surface area contributed by atoms with Crippen molar-refractivity contribution in [2.24, 2.45) is 0 Å². The number of hydrogen-bond donors (Lipinski definition) is 1. The van der Waals surface area contributed by atoms with E-state index in [1.807, 2.05) is 20.8 Å². The van der Waals surface area contributed by atoms with Crippen LogP contribution in [0.4, 0.5) is 11.4 Å². The Morgan fingerprint density at radius 2 is 2.14 bits per heavy atom. The van der Waals surface area contributed by atoms with Gasteiger partial charge >= 0.3 is 0 Å². The molecular formula is C19H24N4O4S. The number of non-ortho nitro benzene ring substituents is 1. The molecular weight excluding hydrogens is 380 g/mol. The molecule has 0 aliphatic carbocycles. The molecule has 1 saturated heterocycles. The molecule has 2 unspecified atom stereocenters. The monoisotopic (exact) mass is 404 g/mol. The number of nitrogens with one attached hydrogen (secondary N) is 1. The minimum Gasteiger partial charge on any atom is -0.376 e. The van der Waals surface area contributed by atoms with Crippen LogP contribution in [0, 0.1) is 24.0 Å². The normalized spacial score (nSPS) is 17.5. The van der Waals surface area contributed by atoms with Crippen LogP contribution >= 0.6 is 11.8 Å². The van der Waals surface area contributed by atoms with Crippen LogP contribution in [0.5, 0.6) is 0 Å². The molecule has 1 aromatic heterocycles. The highest BCUT2D eigenvalue weighted by atomic mass is 32.2. The van der Waals surface area contributed by atoms with E-state index in [2.05, 4.69) is 14.9 Å². The van der Waals surface area contributed by atoms with Crippen molar-refractivity contribution in [3.05, 3.63) is 45.8 Å². The number of aromatic nitrogens is 2. The summed E-state index contributed by atoms with van der Waals surface area (Å²) in [5, 5.41) is 14.0. The van der Waals surface area contributed by atoms with Gasteiger partial charge < -0.3 is 14.6 Å². The topological polar surface area (TPSA) is 99.3 Å². The van der Waals surface area contributed by atoms with Gasteiger partial charge in [0.2, 0.25) is 5.91 Å². The molecule has 28 heavy (non-hydrogen) atoms. The third-order valence-corrected chi connectivity index (χ3v) is 5.92. The molecule has 1 amide bonds.